The van der Waals surface area contributed by atoms with Crippen LogP contribution in [-0.4, -0.2) is 57.2 Å². The number of hydrogen-bond donors (Lipinski definition) is 1. The molecule has 1 N–H and O–H groups in total. The lowest BCUT2D eigenvalue weighted by molar-refractivity contribution is -0.125. The highest BCUT2D eigenvalue weighted by Crippen LogP contribution is 2.20. The monoisotopic (exact) mass is 264 g/mol. The molecule has 0 bridgehead atoms. The minimum atomic E-state index is -3.30. The molecule has 0 aromatic carbocycles. The van der Waals surface area contributed by atoms with Crippen LogP contribution in [0.5, 0.6) is 0 Å². The van der Waals surface area contributed by atoms with Crippen molar-refractivity contribution in [3.8, 4) is 0 Å². The summed E-state index contributed by atoms with van der Waals surface area (Å²) < 4.78 is 29.1. The zero-order valence-electron chi connectivity index (χ0n) is 10.5. The van der Waals surface area contributed by atoms with E-state index in [9.17, 15) is 13.2 Å². The van der Waals surface area contributed by atoms with E-state index >= 15 is 0 Å². The third-order valence-corrected chi connectivity index (χ3v) is 4.03. The van der Waals surface area contributed by atoms with Gasteiger partial charge in [0.15, 0.2) is 0 Å². The van der Waals surface area contributed by atoms with Gasteiger partial charge in [0.05, 0.1) is 12.9 Å². The van der Waals surface area contributed by atoms with Gasteiger partial charge < -0.3 is 10.1 Å². The zero-order chi connectivity index (χ0) is 13.1. The Bertz CT molecular complexity index is 369. The number of carbonyl (C=O) groups excluding carboxylic acids is 1. The molecule has 0 spiro atoms. The first-order chi connectivity index (χ1) is 7.86. The standard InChI is InChI=1S/C10H20N2O4S/c1-8(7-16-2)11-10(13)9-5-4-6-12(9)17(3,14)15/h8-9H,4-7H2,1-3H3,(H,11,13)/t8-,9+/m1/s1. The molecule has 6 nitrogen and oxygen atoms in total. The first-order valence-corrected chi connectivity index (χ1v) is 7.47. The van der Waals surface area contributed by atoms with Crippen molar-refractivity contribution >= 4 is 15.9 Å². The lowest BCUT2D eigenvalue weighted by Gasteiger charge is -2.23. The average Bonchev–Trinajstić information content (AvgIpc) is 2.65. The van der Waals surface area contributed by atoms with Crippen molar-refractivity contribution in [3.05, 3.63) is 0 Å². The fraction of sp³-hybridized carbons (Fsp3) is 0.900. The van der Waals surface area contributed by atoms with Gasteiger partial charge in [-0.3, -0.25) is 4.79 Å². The summed E-state index contributed by atoms with van der Waals surface area (Å²) in [6.07, 6.45) is 2.44. The maximum atomic E-state index is 11.9. The molecule has 0 aromatic heterocycles. The van der Waals surface area contributed by atoms with Crippen LogP contribution in [-0.2, 0) is 19.6 Å². The molecule has 0 saturated carbocycles. The van der Waals surface area contributed by atoms with Gasteiger partial charge in [-0.05, 0) is 19.8 Å². The quantitative estimate of drug-likeness (QED) is 0.730. The van der Waals surface area contributed by atoms with E-state index in [1.165, 1.54) is 4.31 Å². The molecular weight excluding hydrogens is 244 g/mol. The predicted molar refractivity (Wildman–Crippen MR) is 64.1 cm³/mol. The van der Waals surface area contributed by atoms with Crippen molar-refractivity contribution in [2.45, 2.75) is 31.8 Å². The average molecular weight is 264 g/mol. The predicted octanol–water partition coefficient (Wildman–Crippen LogP) is -0.438. The van der Waals surface area contributed by atoms with E-state index in [0.29, 0.717) is 19.6 Å². The van der Waals surface area contributed by atoms with Crippen LogP contribution >= 0.6 is 0 Å². The Morgan fingerprint density at radius 2 is 2.24 bits per heavy atom. The van der Waals surface area contributed by atoms with Gasteiger partial charge in [0.25, 0.3) is 0 Å². The molecule has 0 aromatic rings. The highest BCUT2D eigenvalue weighted by Gasteiger charge is 2.36. The topological polar surface area (TPSA) is 75.7 Å². The van der Waals surface area contributed by atoms with Crippen molar-refractivity contribution < 1.29 is 17.9 Å². The van der Waals surface area contributed by atoms with Gasteiger partial charge in [-0.15, -0.1) is 0 Å². The molecule has 100 valence electrons. The van der Waals surface area contributed by atoms with Crippen LogP contribution in [0.3, 0.4) is 0 Å². The number of amides is 1. The number of ether oxygens (including phenoxy) is 1. The van der Waals surface area contributed by atoms with Gasteiger partial charge in [0, 0.05) is 19.7 Å². The molecule has 17 heavy (non-hydrogen) atoms. The maximum Gasteiger partial charge on any atom is 0.238 e. The molecule has 1 fully saturated rings. The van der Waals surface area contributed by atoms with Gasteiger partial charge in [0.2, 0.25) is 15.9 Å². The number of carbonyl (C=O) groups is 1. The van der Waals surface area contributed by atoms with Crippen LogP contribution in [0.15, 0.2) is 0 Å². The van der Waals surface area contributed by atoms with Gasteiger partial charge in [0.1, 0.15) is 6.04 Å². The Hall–Kier alpha value is -0.660. The van der Waals surface area contributed by atoms with Crippen LogP contribution in [0.2, 0.25) is 0 Å². The Morgan fingerprint density at radius 3 is 2.76 bits per heavy atom. The fourth-order valence-corrected chi connectivity index (χ4v) is 3.15. The molecule has 0 aliphatic carbocycles. The zero-order valence-corrected chi connectivity index (χ0v) is 11.3. The van der Waals surface area contributed by atoms with E-state index in [2.05, 4.69) is 5.32 Å². The molecule has 2 atom stereocenters. The summed E-state index contributed by atoms with van der Waals surface area (Å²) in [6, 6.07) is -0.682. The lowest BCUT2D eigenvalue weighted by atomic mass is 10.2. The Kier molecular flexibility index (Phi) is 4.91. The van der Waals surface area contributed by atoms with E-state index in [4.69, 9.17) is 4.74 Å². The van der Waals surface area contributed by atoms with E-state index in [-0.39, 0.29) is 11.9 Å². The van der Waals surface area contributed by atoms with Crippen molar-refractivity contribution in [2.75, 3.05) is 26.5 Å². The Balaban J connectivity index is 2.63. The van der Waals surface area contributed by atoms with Gasteiger partial charge in [-0.1, -0.05) is 0 Å². The molecule has 1 saturated heterocycles. The van der Waals surface area contributed by atoms with Crippen LogP contribution in [0.1, 0.15) is 19.8 Å². The number of methoxy groups -OCH3 is 1. The minimum absolute atomic E-state index is 0.116. The summed E-state index contributed by atoms with van der Waals surface area (Å²) in [6.45, 7) is 2.66. The Labute approximate surface area is 102 Å². The van der Waals surface area contributed by atoms with Crippen LogP contribution < -0.4 is 5.32 Å². The molecular formula is C10H20N2O4S. The van der Waals surface area contributed by atoms with Crippen molar-refractivity contribution in [1.29, 1.82) is 0 Å². The van der Waals surface area contributed by atoms with Crippen molar-refractivity contribution in [2.24, 2.45) is 0 Å². The summed E-state index contributed by atoms with van der Waals surface area (Å²) in [7, 11) is -1.75. The Morgan fingerprint density at radius 1 is 1.59 bits per heavy atom. The molecule has 1 aliphatic heterocycles. The number of nitrogens with zero attached hydrogens (tertiary/aromatic N) is 1. The second-order valence-electron chi connectivity index (χ2n) is 4.40. The molecule has 1 amide bonds. The van der Waals surface area contributed by atoms with Crippen molar-refractivity contribution in [1.82, 2.24) is 9.62 Å². The molecule has 0 radical (unpaired) electrons. The minimum Gasteiger partial charge on any atom is -0.383 e. The smallest absolute Gasteiger partial charge is 0.238 e. The van der Waals surface area contributed by atoms with E-state index in [1.807, 2.05) is 6.92 Å². The number of rotatable bonds is 5. The third-order valence-electron chi connectivity index (χ3n) is 2.74. The summed E-state index contributed by atoms with van der Waals surface area (Å²) in [5.74, 6) is -0.238. The fourth-order valence-electron chi connectivity index (χ4n) is 2.03. The summed E-state index contributed by atoms with van der Waals surface area (Å²) in [4.78, 5) is 11.9. The summed E-state index contributed by atoms with van der Waals surface area (Å²) >= 11 is 0. The molecule has 7 heteroatoms. The highest BCUT2D eigenvalue weighted by atomic mass is 32.2. The largest absolute Gasteiger partial charge is 0.383 e. The SMILES string of the molecule is COC[C@@H](C)NC(=O)[C@@H]1CCCN1S(C)(=O)=O. The lowest BCUT2D eigenvalue weighted by Crippen LogP contribution is -2.48. The van der Waals surface area contributed by atoms with Crippen molar-refractivity contribution in [3.63, 3.8) is 0 Å². The summed E-state index contributed by atoms with van der Waals surface area (Å²) in [5.41, 5.74) is 0. The van der Waals surface area contributed by atoms with Gasteiger partial charge >= 0.3 is 0 Å². The third kappa shape index (κ3) is 3.93. The normalized spacial score (nSPS) is 23.6. The molecule has 1 heterocycles. The molecule has 1 rings (SSSR count). The first-order valence-electron chi connectivity index (χ1n) is 5.62. The number of hydrogen-bond acceptors (Lipinski definition) is 4. The second-order valence-corrected chi connectivity index (χ2v) is 6.33. The first kappa shape index (κ1) is 14.4. The van der Waals surface area contributed by atoms with E-state index < -0.39 is 16.1 Å². The summed E-state index contributed by atoms with van der Waals surface area (Å²) in [5, 5.41) is 2.75. The van der Waals surface area contributed by atoms with E-state index in [1.54, 1.807) is 7.11 Å². The van der Waals surface area contributed by atoms with Crippen LogP contribution in [0.25, 0.3) is 0 Å². The van der Waals surface area contributed by atoms with Gasteiger partial charge in [-0.25, -0.2) is 8.42 Å². The molecule has 1 aliphatic rings. The number of sulfonamides is 1. The van der Waals surface area contributed by atoms with Crippen LogP contribution in [0, 0.1) is 0 Å². The van der Waals surface area contributed by atoms with Gasteiger partial charge in [-0.2, -0.15) is 4.31 Å². The number of nitrogens with one attached hydrogen (secondary N) is 1. The maximum absolute atomic E-state index is 11.9. The second kappa shape index (κ2) is 5.79. The van der Waals surface area contributed by atoms with E-state index in [0.717, 1.165) is 12.7 Å². The highest BCUT2D eigenvalue weighted by molar-refractivity contribution is 7.88. The van der Waals surface area contributed by atoms with Crippen LogP contribution in [0.4, 0.5) is 0 Å². The molecule has 0 unspecified atom stereocenters.